The number of rotatable bonds is 9. The number of nitrogens with zero attached hydrogens (tertiary/aromatic N) is 2. The van der Waals surface area contributed by atoms with E-state index in [4.69, 9.17) is 29.4 Å². The second kappa shape index (κ2) is 10.6. The Kier molecular flexibility index (Phi) is 7.00. The van der Waals surface area contributed by atoms with E-state index in [1.54, 1.807) is 14.2 Å². The number of aliphatic hydroxyl groups is 1. The van der Waals surface area contributed by atoms with Gasteiger partial charge in [0.15, 0.2) is 6.23 Å². The average Bonchev–Trinajstić information content (AvgIpc) is 3.47. The zero-order valence-electron chi connectivity index (χ0n) is 22.7. The third-order valence-electron chi connectivity index (χ3n) is 7.84. The number of ether oxygens (including phenoxy) is 5. The fourth-order valence-corrected chi connectivity index (χ4v) is 5.66. The lowest BCUT2D eigenvalue weighted by Gasteiger charge is -2.39. The summed E-state index contributed by atoms with van der Waals surface area (Å²) in [5.74, 6) is 1.51. The summed E-state index contributed by atoms with van der Waals surface area (Å²) in [5.41, 5.74) is 5.26. The SMILES string of the molecule is COc1ccc(C(OC[C@@]23CO[C@@H]([C@H](n4ccc(N)nc4=O)O2)[C@@H]3O)(c2ccccc2)c2ccc(OC)cc2)cc1. The van der Waals surface area contributed by atoms with Crippen molar-refractivity contribution in [2.75, 3.05) is 33.2 Å². The molecule has 3 aromatic carbocycles. The summed E-state index contributed by atoms with van der Waals surface area (Å²) in [7, 11) is 3.23. The molecule has 0 spiro atoms. The first-order valence-electron chi connectivity index (χ1n) is 13.2. The molecule has 2 aliphatic rings. The van der Waals surface area contributed by atoms with E-state index in [2.05, 4.69) is 4.98 Å². The smallest absolute Gasteiger partial charge is 0.351 e. The van der Waals surface area contributed by atoms with E-state index in [-0.39, 0.29) is 19.0 Å². The average molecular weight is 558 g/mol. The van der Waals surface area contributed by atoms with Gasteiger partial charge < -0.3 is 34.5 Å². The normalized spacial score (nSPS) is 23.4. The van der Waals surface area contributed by atoms with Crippen LogP contribution in [-0.4, -0.2) is 59.9 Å². The number of aliphatic hydroxyl groups excluding tert-OH is 1. The second-order valence-electron chi connectivity index (χ2n) is 10.1. The number of hydrogen-bond donors (Lipinski definition) is 2. The predicted octanol–water partition coefficient (Wildman–Crippen LogP) is 2.88. The second-order valence-corrected chi connectivity index (χ2v) is 10.1. The lowest BCUT2D eigenvalue weighted by molar-refractivity contribution is -0.204. The summed E-state index contributed by atoms with van der Waals surface area (Å²) in [4.78, 5) is 16.4. The maximum absolute atomic E-state index is 12.6. The van der Waals surface area contributed by atoms with Crippen LogP contribution in [0.15, 0.2) is 95.9 Å². The van der Waals surface area contributed by atoms with Gasteiger partial charge in [-0.2, -0.15) is 4.98 Å². The first-order valence-corrected chi connectivity index (χ1v) is 13.2. The van der Waals surface area contributed by atoms with Gasteiger partial charge in [-0.1, -0.05) is 54.6 Å². The Morgan fingerprint density at radius 2 is 1.54 bits per heavy atom. The molecule has 3 N–H and O–H groups in total. The van der Waals surface area contributed by atoms with E-state index in [9.17, 15) is 9.90 Å². The number of fused-ring (bicyclic) bond motifs is 2. The molecule has 2 bridgehead atoms. The van der Waals surface area contributed by atoms with E-state index >= 15 is 0 Å². The molecule has 2 fully saturated rings. The van der Waals surface area contributed by atoms with Crippen LogP contribution >= 0.6 is 0 Å². The van der Waals surface area contributed by atoms with Crippen LogP contribution in [0.25, 0.3) is 0 Å². The van der Waals surface area contributed by atoms with Crippen LogP contribution in [0.3, 0.4) is 0 Å². The molecule has 0 aliphatic carbocycles. The van der Waals surface area contributed by atoms with Gasteiger partial charge in [0.2, 0.25) is 0 Å². The van der Waals surface area contributed by atoms with E-state index < -0.39 is 35.3 Å². The van der Waals surface area contributed by atoms with Crippen LogP contribution in [0.5, 0.6) is 11.5 Å². The van der Waals surface area contributed by atoms with E-state index in [0.29, 0.717) is 11.5 Å². The largest absolute Gasteiger partial charge is 0.497 e. The van der Waals surface area contributed by atoms with Gasteiger partial charge >= 0.3 is 5.69 Å². The van der Waals surface area contributed by atoms with Crippen LogP contribution in [-0.2, 0) is 19.8 Å². The van der Waals surface area contributed by atoms with Crippen molar-refractivity contribution in [3.05, 3.63) is 118 Å². The molecule has 2 saturated heterocycles. The lowest BCUT2D eigenvalue weighted by Crippen LogP contribution is -2.48. The first kappa shape index (κ1) is 27.0. The van der Waals surface area contributed by atoms with Crippen LogP contribution in [0.4, 0.5) is 5.82 Å². The van der Waals surface area contributed by atoms with Crippen molar-refractivity contribution in [2.24, 2.45) is 0 Å². The molecule has 0 saturated carbocycles. The van der Waals surface area contributed by atoms with Crippen LogP contribution in [0.2, 0.25) is 0 Å². The molecule has 41 heavy (non-hydrogen) atoms. The molecule has 4 atom stereocenters. The molecule has 1 aromatic heterocycles. The number of anilines is 1. The van der Waals surface area contributed by atoms with Crippen LogP contribution in [0, 0.1) is 0 Å². The molecule has 6 rings (SSSR count). The van der Waals surface area contributed by atoms with Crippen molar-refractivity contribution in [1.82, 2.24) is 9.55 Å². The van der Waals surface area contributed by atoms with E-state index in [1.165, 1.54) is 16.8 Å². The highest BCUT2D eigenvalue weighted by atomic mass is 16.7. The molecule has 4 aromatic rings. The van der Waals surface area contributed by atoms with Crippen molar-refractivity contribution in [2.45, 2.75) is 29.6 Å². The van der Waals surface area contributed by atoms with Crippen molar-refractivity contribution < 1.29 is 28.8 Å². The van der Waals surface area contributed by atoms with Gasteiger partial charge in [0.1, 0.15) is 40.7 Å². The molecule has 0 radical (unpaired) electrons. The minimum atomic E-state index is -1.24. The summed E-state index contributed by atoms with van der Waals surface area (Å²) in [6, 6.07) is 26.7. The fourth-order valence-electron chi connectivity index (χ4n) is 5.66. The lowest BCUT2D eigenvalue weighted by atomic mass is 9.79. The maximum Gasteiger partial charge on any atom is 0.351 e. The number of nitrogen functional groups attached to an aromatic ring is 1. The number of methoxy groups -OCH3 is 2. The summed E-state index contributed by atoms with van der Waals surface area (Å²) in [5, 5.41) is 11.4. The minimum absolute atomic E-state index is 0.0503. The zero-order chi connectivity index (χ0) is 28.6. The maximum atomic E-state index is 12.6. The highest BCUT2D eigenvalue weighted by Crippen LogP contribution is 2.48. The third-order valence-corrected chi connectivity index (χ3v) is 7.84. The molecule has 3 heterocycles. The number of nitrogens with two attached hydrogens (primary N) is 1. The van der Waals surface area contributed by atoms with Gasteiger partial charge in [-0.25, -0.2) is 4.79 Å². The Morgan fingerprint density at radius 3 is 2.10 bits per heavy atom. The van der Waals surface area contributed by atoms with Crippen molar-refractivity contribution in [3.8, 4) is 11.5 Å². The first-order chi connectivity index (χ1) is 19.9. The Bertz CT molecular complexity index is 1510. The Balaban J connectivity index is 1.43. The number of aromatic nitrogens is 2. The van der Waals surface area contributed by atoms with Gasteiger partial charge in [-0.3, -0.25) is 4.57 Å². The highest BCUT2D eigenvalue weighted by Gasteiger charge is 2.63. The zero-order valence-corrected chi connectivity index (χ0v) is 22.7. The monoisotopic (exact) mass is 557 g/mol. The Labute approximate surface area is 236 Å². The fraction of sp³-hybridized carbons (Fsp3) is 0.290. The minimum Gasteiger partial charge on any atom is -0.497 e. The van der Waals surface area contributed by atoms with Gasteiger partial charge in [-0.15, -0.1) is 0 Å². The van der Waals surface area contributed by atoms with Gasteiger partial charge in [0.25, 0.3) is 0 Å². The molecular weight excluding hydrogens is 526 g/mol. The molecule has 10 heteroatoms. The topological polar surface area (TPSA) is 127 Å². The number of hydrogen-bond acceptors (Lipinski definition) is 9. The highest BCUT2D eigenvalue weighted by molar-refractivity contribution is 5.49. The van der Waals surface area contributed by atoms with Crippen molar-refractivity contribution in [3.63, 3.8) is 0 Å². The van der Waals surface area contributed by atoms with Crippen LogP contribution in [0.1, 0.15) is 22.9 Å². The summed E-state index contributed by atoms with van der Waals surface area (Å²) >= 11 is 0. The molecule has 2 aliphatic heterocycles. The van der Waals surface area contributed by atoms with Crippen LogP contribution < -0.4 is 20.9 Å². The van der Waals surface area contributed by atoms with E-state index in [1.807, 2.05) is 78.9 Å². The Morgan fingerprint density at radius 1 is 0.951 bits per heavy atom. The molecule has 10 nitrogen and oxygen atoms in total. The molecule has 212 valence electrons. The quantitative estimate of drug-likeness (QED) is 0.299. The standard InChI is InChI=1S/C31H31N3O7/c1-37-23-12-8-21(9-13-23)31(20-6-4-3-5-7-20,22-10-14-24(38-2)15-11-22)40-19-30-18-39-26(27(30)35)28(41-30)34-17-16-25(32)33-29(34)36/h3-17,26-28,35H,18-19H2,1-2H3,(H2,32,33,36)/t26-,27+,28-,30-/m1/s1. The van der Waals surface area contributed by atoms with Crippen molar-refractivity contribution in [1.29, 1.82) is 0 Å². The Hall–Kier alpha value is -4.22. The summed E-state index contributed by atoms with van der Waals surface area (Å²) in [6.07, 6.45) is -1.24. The third kappa shape index (κ3) is 4.54. The van der Waals surface area contributed by atoms with E-state index in [0.717, 1.165) is 16.7 Å². The molecule has 0 amide bonds. The summed E-state index contributed by atoms with van der Waals surface area (Å²) < 4.78 is 31.4. The van der Waals surface area contributed by atoms with Crippen molar-refractivity contribution >= 4 is 5.82 Å². The van der Waals surface area contributed by atoms with Gasteiger partial charge in [-0.05, 0) is 47.0 Å². The molecular formula is C31H31N3O7. The van der Waals surface area contributed by atoms with Gasteiger partial charge in [0, 0.05) is 6.20 Å². The molecule has 0 unspecified atom stereocenters. The summed E-state index contributed by atoms with van der Waals surface area (Å²) in [6.45, 7) is 0.0356. The predicted molar refractivity (Wildman–Crippen MR) is 150 cm³/mol. The van der Waals surface area contributed by atoms with Gasteiger partial charge in [0.05, 0.1) is 27.4 Å². The number of benzene rings is 3.